The molecule has 0 spiro atoms. The molecule has 0 aliphatic rings. The lowest BCUT2D eigenvalue weighted by molar-refractivity contribution is -0.124. The van der Waals surface area contributed by atoms with Crippen LogP contribution in [0.5, 0.6) is 5.75 Å². The molecule has 1 amide bonds. The molecule has 28 heavy (non-hydrogen) atoms. The van der Waals surface area contributed by atoms with E-state index in [4.69, 9.17) is 4.74 Å². The highest BCUT2D eigenvalue weighted by Gasteiger charge is 2.17. The molecule has 2 aromatic carbocycles. The molecule has 144 valence electrons. The maximum Gasteiger partial charge on any atom is 0.267 e. The second-order valence-corrected chi connectivity index (χ2v) is 6.14. The molecule has 0 fully saturated rings. The Labute approximate surface area is 161 Å². The molecule has 0 bridgehead atoms. The molecule has 0 radical (unpaired) electrons. The van der Waals surface area contributed by atoms with E-state index in [1.807, 2.05) is 30.3 Å². The van der Waals surface area contributed by atoms with Crippen molar-refractivity contribution in [2.45, 2.75) is 13.0 Å². The van der Waals surface area contributed by atoms with Crippen LogP contribution in [0.15, 0.2) is 71.5 Å². The van der Waals surface area contributed by atoms with Gasteiger partial charge in [0.05, 0.1) is 12.2 Å². The number of carbonyl (C=O) groups excluding carboxylic acids is 1. The fourth-order valence-electron chi connectivity index (χ4n) is 2.60. The average molecular weight is 381 g/mol. The molecule has 3 aromatic rings. The summed E-state index contributed by atoms with van der Waals surface area (Å²) in [4.78, 5) is 24.5. The fourth-order valence-corrected chi connectivity index (χ4v) is 2.60. The van der Waals surface area contributed by atoms with E-state index in [1.54, 1.807) is 25.1 Å². The van der Waals surface area contributed by atoms with Crippen LogP contribution in [0.2, 0.25) is 0 Å². The van der Waals surface area contributed by atoms with Gasteiger partial charge < -0.3 is 10.1 Å². The van der Waals surface area contributed by atoms with Gasteiger partial charge >= 0.3 is 0 Å². The lowest BCUT2D eigenvalue weighted by Gasteiger charge is -2.15. The predicted molar refractivity (Wildman–Crippen MR) is 104 cm³/mol. The van der Waals surface area contributed by atoms with Gasteiger partial charge in [0.2, 0.25) is 5.91 Å². The third-order valence-corrected chi connectivity index (χ3v) is 4.12. The van der Waals surface area contributed by atoms with Crippen molar-refractivity contribution in [3.05, 3.63) is 82.9 Å². The van der Waals surface area contributed by atoms with Crippen molar-refractivity contribution in [2.75, 3.05) is 13.2 Å². The maximum atomic E-state index is 13.1. The summed E-state index contributed by atoms with van der Waals surface area (Å²) >= 11 is 0. The lowest BCUT2D eigenvalue weighted by atomic mass is 10.1. The zero-order valence-corrected chi connectivity index (χ0v) is 15.3. The zero-order valence-electron chi connectivity index (χ0n) is 15.3. The summed E-state index contributed by atoms with van der Waals surface area (Å²) in [6.45, 7) is 2.20. The van der Waals surface area contributed by atoms with Gasteiger partial charge in [-0.1, -0.05) is 18.2 Å². The molecular formula is C21H20FN3O3. The Bertz CT molecular complexity index is 988. The van der Waals surface area contributed by atoms with Crippen LogP contribution in [-0.4, -0.2) is 28.8 Å². The van der Waals surface area contributed by atoms with Gasteiger partial charge in [0.25, 0.3) is 5.56 Å². The van der Waals surface area contributed by atoms with Crippen LogP contribution < -0.4 is 15.6 Å². The van der Waals surface area contributed by atoms with Crippen molar-refractivity contribution in [1.82, 2.24) is 15.1 Å². The molecule has 1 heterocycles. The molecule has 0 aliphatic carbocycles. The smallest absolute Gasteiger partial charge is 0.267 e. The van der Waals surface area contributed by atoms with Gasteiger partial charge in [-0.3, -0.25) is 9.59 Å². The van der Waals surface area contributed by atoms with Gasteiger partial charge in [-0.15, -0.1) is 0 Å². The van der Waals surface area contributed by atoms with E-state index < -0.39 is 11.6 Å². The number of hydrogen-bond acceptors (Lipinski definition) is 4. The van der Waals surface area contributed by atoms with E-state index >= 15 is 0 Å². The molecular weight excluding hydrogens is 361 g/mol. The summed E-state index contributed by atoms with van der Waals surface area (Å²) in [5, 5.41) is 6.99. The second-order valence-electron chi connectivity index (χ2n) is 6.14. The van der Waals surface area contributed by atoms with E-state index in [0.717, 1.165) is 10.4 Å². The molecule has 1 atom stereocenters. The maximum absolute atomic E-state index is 13.1. The number of hydrogen-bond donors (Lipinski definition) is 1. The summed E-state index contributed by atoms with van der Waals surface area (Å²) in [6, 6.07) is 17.1. The normalized spacial score (nSPS) is 11.6. The van der Waals surface area contributed by atoms with Crippen LogP contribution in [0.3, 0.4) is 0 Å². The third kappa shape index (κ3) is 4.82. The molecule has 6 nitrogen and oxygen atoms in total. The Morgan fingerprint density at radius 2 is 1.82 bits per heavy atom. The molecule has 1 aromatic heterocycles. The van der Waals surface area contributed by atoms with Crippen molar-refractivity contribution < 1.29 is 13.9 Å². The number of amides is 1. The summed E-state index contributed by atoms with van der Waals surface area (Å²) < 4.78 is 19.7. The molecule has 3 rings (SSSR count). The number of halogens is 1. The van der Waals surface area contributed by atoms with Crippen LogP contribution in [-0.2, 0) is 4.79 Å². The van der Waals surface area contributed by atoms with E-state index in [0.29, 0.717) is 24.4 Å². The molecule has 7 heteroatoms. The van der Waals surface area contributed by atoms with Gasteiger partial charge in [-0.05, 0) is 49.4 Å². The number of rotatable bonds is 7. The third-order valence-electron chi connectivity index (χ3n) is 4.12. The van der Waals surface area contributed by atoms with Gasteiger partial charge in [0, 0.05) is 11.6 Å². The quantitative estimate of drug-likeness (QED) is 0.639. The number of nitrogens with one attached hydrogen (secondary N) is 1. The highest BCUT2D eigenvalue weighted by Crippen LogP contribution is 2.16. The summed E-state index contributed by atoms with van der Waals surface area (Å²) in [5.74, 6) is 0.0136. The first-order chi connectivity index (χ1) is 13.5. The van der Waals surface area contributed by atoms with Gasteiger partial charge in [-0.2, -0.15) is 5.10 Å². The Hall–Kier alpha value is -3.48. The predicted octanol–water partition coefficient (Wildman–Crippen LogP) is 2.81. The monoisotopic (exact) mass is 381 g/mol. The van der Waals surface area contributed by atoms with E-state index in [9.17, 15) is 14.0 Å². The standard InChI is InChI=1S/C21H20FN3O3/c1-15(21(27)23-13-14-28-18-5-3-2-4-6-18)25-20(26)12-11-19(24-25)16-7-9-17(22)10-8-16/h2-12,15H,13-14H2,1H3,(H,23,27). The lowest BCUT2D eigenvalue weighted by Crippen LogP contribution is -2.38. The first-order valence-corrected chi connectivity index (χ1v) is 8.86. The average Bonchev–Trinajstić information content (AvgIpc) is 2.72. The topological polar surface area (TPSA) is 73.2 Å². The molecule has 0 saturated heterocycles. The summed E-state index contributed by atoms with van der Waals surface area (Å²) in [5.41, 5.74) is 0.736. The number of para-hydroxylation sites is 1. The zero-order chi connectivity index (χ0) is 19.9. The fraction of sp³-hybridized carbons (Fsp3) is 0.190. The molecule has 0 saturated carbocycles. The minimum atomic E-state index is -0.801. The Balaban J connectivity index is 1.63. The van der Waals surface area contributed by atoms with E-state index in [1.165, 1.54) is 18.2 Å². The highest BCUT2D eigenvalue weighted by atomic mass is 19.1. The SMILES string of the molecule is CC(C(=O)NCCOc1ccccc1)n1nc(-c2ccc(F)cc2)ccc1=O. The Morgan fingerprint density at radius 1 is 1.11 bits per heavy atom. The van der Waals surface area contributed by atoms with Crippen molar-refractivity contribution >= 4 is 5.91 Å². The first-order valence-electron chi connectivity index (χ1n) is 8.86. The first kappa shape index (κ1) is 19.3. The highest BCUT2D eigenvalue weighted by molar-refractivity contribution is 5.79. The number of carbonyl (C=O) groups is 1. The Morgan fingerprint density at radius 3 is 2.54 bits per heavy atom. The number of benzene rings is 2. The number of aromatic nitrogens is 2. The van der Waals surface area contributed by atoms with Crippen LogP contribution in [0.4, 0.5) is 4.39 Å². The van der Waals surface area contributed by atoms with E-state index in [-0.39, 0.29) is 11.7 Å². The van der Waals surface area contributed by atoms with Crippen LogP contribution >= 0.6 is 0 Å². The second kappa shape index (κ2) is 8.94. The Kier molecular flexibility index (Phi) is 6.16. The summed E-state index contributed by atoms with van der Waals surface area (Å²) in [6.07, 6.45) is 0. The largest absolute Gasteiger partial charge is 0.492 e. The van der Waals surface area contributed by atoms with Gasteiger partial charge in [-0.25, -0.2) is 9.07 Å². The van der Waals surface area contributed by atoms with E-state index in [2.05, 4.69) is 10.4 Å². The molecule has 1 unspecified atom stereocenters. The molecule has 1 N–H and O–H groups in total. The minimum Gasteiger partial charge on any atom is -0.492 e. The molecule has 0 aliphatic heterocycles. The number of ether oxygens (including phenoxy) is 1. The minimum absolute atomic E-state index is 0.296. The van der Waals surface area contributed by atoms with Gasteiger partial charge in [0.1, 0.15) is 24.2 Å². The van der Waals surface area contributed by atoms with Gasteiger partial charge in [0.15, 0.2) is 0 Å². The van der Waals surface area contributed by atoms with Crippen molar-refractivity contribution in [3.63, 3.8) is 0 Å². The van der Waals surface area contributed by atoms with Crippen LogP contribution in [0, 0.1) is 5.82 Å². The number of nitrogens with zero attached hydrogens (tertiary/aromatic N) is 2. The summed E-state index contributed by atoms with van der Waals surface area (Å²) in [7, 11) is 0. The van der Waals surface area contributed by atoms with Crippen LogP contribution in [0.1, 0.15) is 13.0 Å². The van der Waals surface area contributed by atoms with Crippen molar-refractivity contribution in [1.29, 1.82) is 0 Å². The van der Waals surface area contributed by atoms with Crippen molar-refractivity contribution in [3.8, 4) is 17.0 Å². The van der Waals surface area contributed by atoms with Crippen LogP contribution in [0.25, 0.3) is 11.3 Å². The van der Waals surface area contributed by atoms with Crippen molar-refractivity contribution in [2.24, 2.45) is 0 Å².